The van der Waals surface area contributed by atoms with Crippen molar-refractivity contribution in [3.05, 3.63) is 35.4 Å². The quantitative estimate of drug-likeness (QED) is 0.905. The third-order valence-electron chi connectivity index (χ3n) is 4.30. The minimum atomic E-state index is 0.274. The van der Waals surface area contributed by atoms with Crippen molar-refractivity contribution in [3.63, 3.8) is 0 Å². The first-order chi connectivity index (χ1) is 9.11. The topological polar surface area (TPSA) is 53.0 Å². The Kier molecular flexibility index (Phi) is 4.57. The van der Waals surface area contributed by atoms with Crippen molar-refractivity contribution < 1.29 is 0 Å². The van der Waals surface area contributed by atoms with Crippen LogP contribution in [0.15, 0.2) is 24.3 Å². The van der Waals surface area contributed by atoms with Crippen molar-refractivity contribution >= 4 is 0 Å². The van der Waals surface area contributed by atoms with Crippen molar-refractivity contribution in [2.24, 2.45) is 11.7 Å². The van der Waals surface area contributed by atoms with Gasteiger partial charge in [0, 0.05) is 18.6 Å². The van der Waals surface area contributed by atoms with Crippen LogP contribution in [0.25, 0.3) is 0 Å². The predicted octanol–water partition coefficient (Wildman–Crippen LogP) is 2.68. The highest BCUT2D eigenvalue weighted by molar-refractivity contribution is 5.32. The fourth-order valence-corrected chi connectivity index (χ4v) is 2.87. The van der Waals surface area contributed by atoms with Gasteiger partial charge in [0.1, 0.15) is 0 Å². The van der Waals surface area contributed by atoms with Crippen LogP contribution in [0.3, 0.4) is 0 Å². The first-order valence-electron chi connectivity index (χ1n) is 7.11. The summed E-state index contributed by atoms with van der Waals surface area (Å²) in [6.45, 7) is 6.58. The van der Waals surface area contributed by atoms with E-state index in [1.807, 2.05) is 12.1 Å². The molecule has 1 heterocycles. The molecule has 3 unspecified atom stereocenters. The third kappa shape index (κ3) is 3.34. The zero-order valence-electron chi connectivity index (χ0n) is 11.8. The van der Waals surface area contributed by atoms with Crippen LogP contribution in [0, 0.1) is 17.2 Å². The zero-order valence-corrected chi connectivity index (χ0v) is 11.8. The lowest BCUT2D eigenvalue weighted by Crippen LogP contribution is -2.43. The number of hydrogen-bond donors (Lipinski definition) is 1. The van der Waals surface area contributed by atoms with Crippen LogP contribution in [0.1, 0.15) is 43.9 Å². The molecule has 1 aromatic rings. The summed E-state index contributed by atoms with van der Waals surface area (Å²) in [5.74, 6) is 0.606. The summed E-state index contributed by atoms with van der Waals surface area (Å²) in [5.41, 5.74) is 8.05. The Morgan fingerprint density at radius 3 is 2.58 bits per heavy atom. The van der Waals surface area contributed by atoms with Crippen LogP contribution in [0.2, 0.25) is 0 Å². The Morgan fingerprint density at radius 1 is 1.32 bits per heavy atom. The minimum absolute atomic E-state index is 0.274. The summed E-state index contributed by atoms with van der Waals surface area (Å²) in [7, 11) is 0. The fraction of sp³-hybridized carbons (Fsp3) is 0.562. The highest BCUT2D eigenvalue weighted by atomic mass is 15.2. The Bertz CT molecular complexity index is 444. The van der Waals surface area contributed by atoms with E-state index in [0.717, 1.165) is 18.7 Å². The van der Waals surface area contributed by atoms with Crippen LogP contribution in [0.5, 0.6) is 0 Å². The molecule has 0 aliphatic carbocycles. The van der Waals surface area contributed by atoms with E-state index in [2.05, 4.69) is 36.9 Å². The summed E-state index contributed by atoms with van der Waals surface area (Å²) in [6, 6.07) is 10.8. The van der Waals surface area contributed by atoms with E-state index in [1.54, 1.807) is 0 Å². The van der Waals surface area contributed by atoms with Gasteiger partial charge in [-0.05, 0) is 56.8 Å². The summed E-state index contributed by atoms with van der Waals surface area (Å²) >= 11 is 0. The van der Waals surface area contributed by atoms with Crippen molar-refractivity contribution in [2.75, 3.05) is 13.1 Å². The van der Waals surface area contributed by atoms with Gasteiger partial charge in [-0.15, -0.1) is 0 Å². The molecule has 102 valence electrons. The van der Waals surface area contributed by atoms with E-state index < -0.39 is 0 Å². The zero-order chi connectivity index (χ0) is 13.8. The Labute approximate surface area is 116 Å². The molecule has 0 bridgehead atoms. The lowest BCUT2D eigenvalue weighted by Gasteiger charge is -2.38. The maximum atomic E-state index is 8.84. The van der Waals surface area contributed by atoms with E-state index >= 15 is 0 Å². The van der Waals surface area contributed by atoms with E-state index in [0.29, 0.717) is 12.0 Å². The molecular weight excluding hydrogens is 234 g/mol. The van der Waals surface area contributed by atoms with Crippen molar-refractivity contribution in [3.8, 4) is 6.07 Å². The predicted molar refractivity (Wildman–Crippen MR) is 77.5 cm³/mol. The molecular formula is C16H23N3. The molecule has 19 heavy (non-hydrogen) atoms. The summed E-state index contributed by atoms with van der Waals surface area (Å²) in [6.07, 6.45) is 2.47. The molecule has 0 spiro atoms. The van der Waals surface area contributed by atoms with Crippen molar-refractivity contribution in [2.45, 2.75) is 38.8 Å². The SMILES string of the molecule is CC(N)C1CCCN(C(C)c2ccc(C#N)cc2)C1. The van der Waals surface area contributed by atoms with Gasteiger partial charge >= 0.3 is 0 Å². The monoisotopic (exact) mass is 257 g/mol. The molecule has 3 heteroatoms. The van der Waals surface area contributed by atoms with Gasteiger partial charge in [-0.25, -0.2) is 0 Å². The lowest BCUT2D eigenvalue weighted by molar-refractivity contribution is 0.121. The first-order valence-corrected chi connectivity index (χ1v) is 7.11. The van der Waals surface area contributed by atoms with Crippen LogP contribution < -0.4 is 5.73 Å². The Balaban J connectivity index is 2.05. The number of rotatable bonds is 3. The molecule has 1 aliphatic rings. The summed E-state index contributed by atoms with van der Waals surface area (Å²) in [5, 5.41) is 8.84. The molecule has 1 saturated heterocycles. The van der Waals surface area contributed by atoms with Gasteiger partial charge in [0.2, 0.25) is 0 Å². The molecule has 2 N–H and O–H groups in total. The molecule has 2 rings (SSSR count). The fourth-order valence-electron chi connectivity index (χ4n) is 2.87. The minimum Gasteiger partial charge on any atom is -0.328 e. The van der Waals surface area contributed by atoms with Gasteiger partial charge < -0.3 is 5.73 Å². The summed E-state index contributed by atoms with van der Waals surface area (Å²) in [4.78, 5) is 2.51. The molecule has 0 radical (unpaired) electrons. The maximum absolute atomic E-state index is 8.84. The van der Waals surface area contributed by atoms with Crippen LogP contribution in [0.4, 0.5) is 0 Å². The van der Waals surface area contributed by atoms with Gasteiger partial charge in [0.25, 0.3) is 0 Å². The normalized spacial score (nSPS) is 23.6. The molecule has 0 amide bonds. The molecule has 1 aromatic carbocycles. The Morgan fingerprint density at radius 2 is 2.00 bits per heavy atom. The van der Waals surface area contributed by atoms with Gasteiger partial charge in [-0.3, -0.25) is 4.90 Å². The summed E-state index contributed by atoms with van der Waals surface area (Å²) < 4.78 is 0. The average molecular weight is 257 g/mol. The number of nitrogens with zero attached hydrogens (tertiary/aromatic N) is 2. The smallest absolute Gasteiger partial charge is 0.0991 e. The standard InChI is InChI=1S/C16H23N3/c1-12(18)16-4-3-9-19(11-16)13(2)15-7-5-14(10-17)6-8-15/h5-8,12-13,16H,3-4,9,11,18H2,1-2H3. The number of likely N-dealkylation sites (tertiary alicyclic amines) is 1. The van der Waals surface area contributed by atoms with E-state index in [1.165, 1.54) is 18.4 Å². The second-order valence-corrected chi connectivity index (χ2v) is 5.67. The van der Waals surface area contributed by atoms with E-state index in [-0.39, 0.29) is 6.04 Å². The van der Waals surface area contributed by atoms with E-state index in [4.69, 9.17) is 11.0 Å². The van der Waals surface area contributed by atoms with Crippen LogP contribution in [-0.4, -0.2) is 24.0 Å². The van der Waals surface area contributed by atoms with Gasteiger partial charge in [-0.1, -0.05) is 12.1 Å². The molecule has 1 aliphatic heterocycles. The second kappa shape index (κ2) is 6.18. The van der Waals surface area contributed by atoms with Gasteiger partial charge in [0.05, 0.1) is 11.6 Å². The van der Waals surface area contributed by atoms with E-state index in [9.17, 15) is 0 Å². The third-order valence-corrected chi connectivity index (χ3v) is 4.30. The highest BCUT2D eigenvalue weighted by Gasteiger charge is 2.26. The number of piperidine rings is 1. The molecule has 0 aromatic heterocycles. The lowest BCUT2D eigenvalue weighted by atomic mass is 9.90. The molecule has 3 atom stereocenters. The number of hydrogen-bond acceptors (Lipinski definition) is 3. The molecule has 3 nitrogen and oxygen atoms in total. The Hall–Kier alpha value is -1.37. The van der Waals surface area contributed by atoms with Crippen molar-refractivity contribution in [1.29, 1.82) is 5.26 Å². The number of nitriles is 1. The number of benzene rings is 1. The van der Waals surface area contributed by atoms with Crippen LogP contribution >= 0.6 is 0 Å². The van der Waals surface area contributed by atoms with Gasteiger partial charge in [0.15, 0.2) is 0 Å². The maximum Gasteiger partial charge on any atom is 0.0991 e. The van der Waals surface area contributed by atoms with Gasteiger partial charge in [-0.2, -0.15) is 5.26 Å². The highest BCUT2D eigenvalue weighted by Crippen LogP contribution is 2.27. The number of nitrogens with two attached hydrogens (primary N) is 1. The molecule has 1 fully saturated rings. The van der Waals surface area contributed by atoms with Crippen LogP contribution in [-0.2, 0) is 0 Å². The first kappa shape index (κ1) is 14.0. The molecule has 0 saturated carbocycles. The average Bonchev–Trinajstić information content (AvgIpc) is 2.46. The second-order valence-electron chi connectivity index (χ2n) is 5.67. The largest absolute Gasteiger partial charge is 0.328 e. The van der Waals surface area contributed by atoms with Crippen molar-refractivity contribution in [1.82, 2.24) is 4.90 Å².